The molecule has 6 nitrogen and oxygen atoms in total. The maximum absolute atomic E-state index is 6.12. The van der Waals surface area contributed by atoms with Crippen LogP contribution in [0.25, 0.3) is 11.0 Å². The van der Waals surface area contributed by atoms with Crippen molar-refractivity contribution in [3.05, 3.63) is 40.9 Å². The largest absolute Gasteiger partial charge is 0.444 e. The number of benzene rings is 1. The lowest BCUT2D eigenvalue weighted by molar-refractivity contribution is 0.540. The van der Waals surface area contributed by atoms with Crippen molar-refractivity contribution in [2.24, 2.45) is 0 Å². The van der Waals surface area contributed by atoms with Crippen LogP contribution in [0.3, 0.4) is 0 Å². The number of furan rings is 1. The number of hydrogen-bond acceptors (Lipinski definition) is 5. The molecule has 1 unspecified atom stereocenters. The van der Waals surface area contributed by atoms with E-state index in [4.69, 9.17) is 16.0 Å². The molecule has 2 N–H and O–H groups in total. The van der Waals surface area contributed by atoms with Crippen molar-refractivity contribution in [3.63, 3.8) is 0 Å². The average Bonchev–Trinajstić information content (AvgIpc) is 3.03. The van der Waals surface area contributed by atoms with E-state index in [9.17, 15) is 0 Å². The van der Waals surface area contributed by atoms with Gasteiger partial charge < -0.3 is 9.73 Å². The highest BCUT2D eigenvalue weighted by molar-refractivity contribution is 6.30. The van der Waals surface area contributed by atoms with Crippen LogP contribution in [0, 0.1) is 0 Å². The summed E-state index contributed by atoms with van der Waals surface area (Å²) in [5.74, 6) is 0.615. The SMILES string of the molecule is CC(NCc1c(Cl)oc2ccccc12)c1nn[nH]n1. The van der Waals surface area contributed by atoms with Crippen LogP contribution in [-0.2, 0) is 6.54 Å². The number of nitrogens with zero attached hydrogens (tertiary/aromatic N) is 3. The van der Waals surface area contributed by atoms with Gasteiger partial charge in [-0.2, -0.15) is 5.21 Å². The summed E-state index contributed by atoms with van der Waals surface area (Å²) in [5.41, 5.74) is 1.73. The number of nitrogens with one attached hydrogen (secondary N) is 2. The molecule has 0 aliphatic rings. The number of fused-ring (bicyclic) bond motifs is 1. The molecule has 3 rings (SSSR count). The van der Waals surface area contributed by atoms with Crippen molar-refractivity contribution in [3.8, 4) is 0 Å². The van der Waals surface area contributed by atoms with E-state index < -0.39 is 0 Å². The van der Waals surface area contributed by atoms with Crippen molar-refractivity contribution in [1.82, 2.24) is 25.9 Å². The summed E-state index contributed by atoms with van der Waals surface area (Å²) in [5, 5.41) is 18.6. The molecular weight excluding hydrogens is 266 g/mol. The van der Waals surface area contributed by atoms with Gasteiger partial charge in [-0.05, 0) is 24.6 Å². The van der Waals surface area contributed by atoms with Gasteiger partial charge in [0.05, 0.1) is 6.04 Å². The van der Waals surface area contributed by atoms with Gasteiger partial charge in [-0.3, -0.25) is 0 Å². The molecule has 0 bridgehead atoms. The minimum Gasteiger partial charge on any atom is -0.444 e. The molecule has 0 aliphatic heterocycles. The van der Waals surface area contributed by atoms with Crippen LogP contribution in [0.5, 0.6) is 0 Å². The van der Waals surface area contributed by atoms with E-state index in [0.717, 1.165) is 16.5 Å². The first-order valence-electron chi connectivity index (χ1n) is 5.88. The van der Waals surface area contributed by atoms with Crippen LogP contribution >= 0.6 is 11.6 Å². The highest BCUT2D eigenvalue weighted by Gasteiger charge is 2.15. The van der Waals surface area contributed by atoms with E-state index in [0.29, 0.717) is 17.6 Å². The lowest BCUT2D eigenvalue weighted by Gasteiger charge is -2.08. The van der Waals surface area contributed by atoms with Crippen molar-refractivity contribution in [2.75, 3.05) is 0 Å². The molecule has 0 saturated carbocycles. The molecule has 0 saturated heterocycles. The first kappa shape index (κ1) is 12.1. The quantitative estimate of drug-likeness (QED) is 0.766. The van der Waals surface area contributed by atoms with Gasteiger partial charge in [0.25, 0.3) is 0 Å². The molecule has 0 spiro atoms. The summed E-state index contributed by atoms with van der Waals surface area (Å²) in [6.45, 7) is 2.53. The minimum atomic E-state index is -0.0246. The van der Waals surface area contributed by atoms with Gasteiger partial charge in [-0.25, -0.2) is 0 Å². The molecule has 1 aromatic carbocycles. The standard InChI is InChI=1S/C12H12ClN5O/c1-7(12-15-17-18-16-12)14-6-9-8-4-2-3-5-10(8)19-11(9)13/h2-5,7,14H,6H2,1H3,(H,15,16,17,18). The van der Waals surface area contributed by atoms with Crippen LogP contribution in [-0.4, -0.2) is 20.6 Å². The van der Waals surface area contributed by atoms with Crippen molar-refractivity contribution < 1.29 is 4.42 Å². The smallest absolute Gasteiger partial charge is 0.199 e. The number of hydrogen-bond donors (Lipinski definition) is 2. The van der Waals surface area contributed by atoms with Crippen LogP contribution < -0.4 is 5.32 Å². The Morgan fingerprint density at radius 2 is 2.26 bits per heavy atom. The maximum atomic E-state index is 6.12. The topological polar surface area (TPSA) is 79.6 Å². The van der Waals surface area contributed by atoms with Gasteiger partial charge in [0.15, 0.2) is 11.0 Å². The van der Waals surface area contributed by atoms with E-state index in [1.807, 2.05) is 31.2 Å². The Hall–Kier alpha value is -1.92. The molecule has 0 radical (unpaired) electrons. The van der Waals surface area contributed by atoms with Crippen molar-refractivity contribution in [2.45, 2.75) is 19.5 Å². The number of H-pyrrole nitrogens is 1. The van der Waals surface area contributed by atoms with Gasteiger partial charge in [-0.1, -0.05) is 23.4 Å². The Labute approximate surface area is 114 Å². The van der Waals surface area contributed by atoms with E-state index in [2.05, 4.69) is 25.9 Å². The van der Waals surface area contributed by atoms with Gasteiger partial charge in [0.1, 0.15) is 5.58 Å². The number of para-hydroxylation sites is 1. The lowest BCUT2D eigenvalue weighted by Crippen LogP contribution is -2.19. The first-order chi connectivity index (χ1) is 9.25. The number of aromatic amines is 1. The van der Waals surface area contributed by atoms with Crippen LogP contribution in [0.4, 0.5) is 0 Å². The Morgan fingerprint density at radius 3 is 3.05 bits per heavy atom. The van der Waals surface area contributed by atoms with Crippen molar-refractivity contribution >= 4 is 22.6 Å². The Kier molecular flexibility index (Phi) is 3.18. The Morgan fingerprint density at radius 1 is 1.42 bits per heavy atom. The molecule has 0 fully saturated rings. The minimum absolute atomic E-state index is 0.0246. The molecule has 2 heterocycles. The predicted octanol–water partition coefficient (Wildman–Crippen LogP) is 2.45. The molecule has 1 atom stereocenters. The van der Waals surface area contributed by atoms with Gasteiger partial charge >= 0.3 is 0 Å². The zero-order valence-electron chi connectivity index (χ0n) is 10.2. The van der Waals surface area contributed by atoms with E-state index in [1.165, 1.54) is 0 Å². The highest BCUT2D eigenvalue weighted by Crippen LogP contribution is 2.29. The predicted molar refractivity (Wildman–Crippen MR) is 70.7 cm³/mol. The lowest BCUT2D eigenvalue weighted by atomic mass is 10.1. The summed E-state index contributed by atoms with van der Waals surface area (Å²) < 4.78 is 5.50. The molecule has 0 amide bonds. The fourth-order valence-electron chi connectivity index (χ4n) is 1.93. The second-order valence-corrected chi connectivity index (χ2v) is 4.57. The normalized spacial score (nSPS) is 12.9. The third-order valence-corrected chi connectivity index (χ3v) is 3.29. The van der Waals surface area contributed by atoms with Crippen molar-refractivity contribution in [1.29, 1.82) is 0 Å². The number of tetrazole rings is 1. The van der Waals surface area contributed by atoms with Crippen LogP contribution in [0.15, 0.2) is 28.7 Å². The third-order valence-electron chi connectivity index (χ3n) is 2.98. The van der Waals surface area contributed by atoms with E-state index >= 15 is 0 Å². The average molecular weight is 278 g/mol. The molecule has 0 aliphatic carbocycles. The highest BCUT2D eigenvalue weighted by atomic mass is 35.5. The first-order valence-corrected chi connectivity index (χ1v) is 6.26. The molecule has 7 heteroatoms. The van der Waals surface area contributed by atoms with E-state index in [-0.39, 0.29) is 6.04 Å². The maximum Gasteiger partial charge on any atom is 0.199 e. The van der Waals surface area contributed by atoms with E-state index in [1.54, 1.807) is 0 Å². The molecule has 98 valence electrons. The van der Waals surface area contributed by atoms with Gasteiger partial charge in [0.2, 0.25) is 0 Å². The molecule has 19 heavy (non-hydrogen) atoms. The summed E-state index contributed by atoms with van der Waals surface area (Å²) in [6.07, 6.45) is 0. The zero-order valence-corrected chi connectivity index (χ0v) is 11.0. The molecule has 2 aromatic heterocycles. The molecular formula is C12H12ClN5O. The second-order valence-electron chi connectivity index (χ2n) is 4.22. The Balaban J connectivity index is 1.80. The Bertz CT molecular complexity index is 679. The zero-order chi connectivity index (χ0) is 13.2. The monoisotopic (exact) mass is 277 g/mol. The summed E-state index contributed by atoms with van der Waals surface area (Å²) in [4.78, 5) is 0. The van der Waals surface area contributed by atoms with Crippen LogP contribution in [0.1, 0.15) is 24.4 Å². The summed E-state index contributed by atoms with van der Waals surface area (Å²) in [7, 11) is 0. The summed E-state index contributed by atoms with van der Waals surface area (Å²) >= 11 is 6.12. The molecule has 3 aromatic rings. The third kappa shape index (κ3) is 2.32. The number of rotatable bonds is 4. The van der Waals surface area contributed by atoms with Gasteiger partial charge in [-0.15, -0.1) is 10.2 Å². The number of aromatic nitrogens is 4. The summed E-state index contributed by atoms with van der Waals surface area (Å²) in [6, 6.07) is 7.74. The second kappa shape index (κ2) is 4.99. The fourth-order valence-corrected chi connectivity index (χ4v) is 2.18. The number of halogens is 1. The van der Waals surface area contributed by atoms with Gasteiger partial charge in [0, 0.05) is 17.5 Å². The fraction of sp³-hybridized carbons (Fsp3) is 0.250. The van der Waals surface area contributed by atoms with Crippen LogP contribution in [0.2, 0.25) is 5.22 Å².